The molecule has 1 heterocycles. The quantitative estimate of drug-likeness (QED) is 0.527. The fourth-order valence-corrected chi connectivity index (χ4v) is 2.58. The monoisotopic (exact) mass is 372 g/mol. The van der Waals surface area contributed by atoms with Crippen LogP contribution in [0.4, 0.5) is 0 Å². The van der Waals surface area contributed by atoms with Crippen LogP contribution in [0.1, 0.15) is 46.6 Å². The molecule has 0 saturated heterocycles. The van der Waals surface area contributed by atoms with Gasteiger partial charge in [0, 0.05) is 7.05 Å². The van der Waals surface area contributed by atoms with Crippen molar-refractivity contribution in [3.05, 3.63) is 28.2 Å². The van der Waals surface area contributed by atoms with Crippen LogP contribution in [-0.4, -0.2) is 46.3 Å². The molecule has 2 radical (unpaired) electrons. The molecule has 2 rings (SSSR count). The van der Waals surface area contributed by atoms with Gasteiger partial charge in [0.1, 0.15) is 19.3 Å². The number of nitrogens with zero attached hydrogens (tertiary/aromatic N) is 4. The Balaban J connectivity index is 2.61. The van der Waals surface area contributed by atoms with Crippen LogP contribution in [0, 0.1) is 0 Å². The van der Waals surface area contributed by atoms with Crippen molar-refractivity contribution >= 4 is 19.3 Å². The maximum Gasteiger partial charge on any atom is 0.368 e. The third kappa shape index (κ3) is 4.23. The Labute approximate surface area is 159 Å². The first-order valence-electron chi connectivity index (χ1n) is 8.89. The molecule has 1 unspecified atom stereocenters. The average Bonchev–Trinajstić information content (AvgIpc) is 2.94. The van der Waals surface area contributed by atoms with Crippen molar-refractivity contribution in [1.82, 2.24) is 19.8 Å². The van der Waals surface area contributed by atoms with Gasteiger partial charge in [0.25, 0.3) is 0 Å². The molecule has 9 heteroatoms. The summed E-state index contributed by atoms with van der Waals surface area (Å²) in [7, 11) is 7.76. The number of esters is 1. The van der Waals surface area contributed by atoms with Crippen LogP contribution in [0.3, 0.4) is 0 Å². The van der Waals surface area contributed by atoms with E-state index in [1.807, 2.05) is 0 Å². The number of hydrogen-bond donors (Lipinski definition) is 0. The zero-order chi connectivity index (χ0) is 20.4. The number of tetrazole rings is 1. The molecule has 8 nitrogen and oxygen atoms in total. The van der Waals surface area contributed by atoms with Crippen LogP contribution in [0.5, 0.6) is 5.75 Å². The maximum atomic E-state index is 12.4. The summed E-state index contributed by atoms with van der Waals surface area (Å²) in [6.45, 7) is 9.71. The van der Waals surface area contributed by atoms with Crippen LogP contribution in [0.25, 0.3) is 5.69 Å². The van der Waals surface area contributed by atoms with Gasteiger partial charge in [-0.3, -0.25) is 0 Å². The number of aromatic nitrogens is 4. The predicted octanol–water partition coefficient (Wildman–Crippen LogP) is 0.778. The highest BCUT2D eigenvalue weighted by Gasteiger charge is 2.25. The van der Waals surface area contributed by atoms with Gasteiger partial charge in [0.15, 0.2) is 6.10 Å². The third-order valence-corrected chi connectivity index (χ3v) is 4.62. The van der Waals surface area contributed by atoms with Gasteiger partial charge < -0.3 is 9.47 Å². The molecule has 0 bridgehead atoms. The Morgan fingerprint density at radius 2 is 1.96 bits per heavy atom. The normalized spacial score (nSPS) is 12.7. The van der Waals surface area contributed by atoms with Gasteiger partial charge in [-0.05, 0) is 53.8 Å². The van der Waals surface area contributed by atoms with Gasteiger partial charge in [-0.1, -0.05) is 26.2 Å². The molecular formula is C18H25BN4O4. The van der Waals surface area contributed by atoms with E-state index in [-0.39, 0.29) is 17.8 Å². The number of ether oxygens (including phenoxy) is 2. The molecule has 0 spiro atoms. The van der Waals surface area contributed by atoms with Crippen LogP contribution < -0.4 is 15.9 Å². The van der Waals surface area contributed by atoms with Crippen LogP contribution in [-0.2, 0) is 22.0 Å². The Kier molecular flexibility index (Phi) is 6.13. The molecule has 1 atom stereocenters. The van der Waals surface area contributed by atoms with Crippen molar-refractivity contribution in [1.29, 1.82) is 0 Å². The topological polar surface area (TPSA) is 88.2 Å². The second-order valence-electron chi connectivity index (χ2n) is 6.95. The van der Waals surface area contributed by atoms with Crippen molar-refractivity contribution in [2.24, 2.45) is 7.05 Å². The van der Waals surface area contributed by atoms with Crippen molar-refractivity contribution in [2.45, 2.75) is 52.6 Å². The molecule has 0 N–H and O–H groups in total. The van der Waals surface area contributed by atoms with E-state index in [1.165, 1.54) is 7.05 Å². The molecule has 0 amide bonds. The number of benzene rings is 1. The van der Waals surface area contributed by atoms with E-state index in [1.54, 1.807) is 26.0 Å². The van der Waals surface area contributed by atoms with E-state index in [4.69, 9.17) is 17.3 Å². The lowest BCUT2D eigenvalue weighted by Gasteiger charge is -2.27. The number of rotatable bonds is 7. The van der Waals surface area contributed by atoms with Crippen molar-refractivity contribution in [3.63, 3.8) is 0 Å². The lowest BCUT2D eigenvalue weighted by molar-refractivity contribution is -0.150. The summed E-state index contributed by atoms with van der Waals surface area (Å²) < 4.78 is 13.0. The first-order chi connectivity index (χ1) is 12.6. The minimum atomic E-state index is -0.875. The molecule has 0 saturated carbocycles. The molecule has 0 aliphatic heterocycles. The minimum Gasteiger partial charge on any atom is -0.477 e. The Morgan fingerprint density at radius 3 is 2.48 bits per heavy atom. The zero-order valence-corrected chi connectivity index (χ0v) is 16.6. The van der Waals surface area contributed by atoms with Gasteiger partial charge in [0.2, 0.25) is 0 Å². The smallest absolute Gasteiger partial charge is 0.368 e. The maximum absolute atomic E-state index is 12.4. The summed E-state index contributed by atoms with van der Waals surface area (Å²) >= 11 is 0. The largest absolute Gasteiger partial charge is 0.477 e. The Bertz CT molecular complexity index is 888. The molecule has 0 aliphatic rings. The van der Waals surface area contributed by atoms with Gasteiger partial charge in [-0.15, -0.1) is 0 Å². The van der Waals surface area contributed by atoms with E-state index in [9.17, 15) is 9.59 Å². The lowest BCUT2D eigenvalue weighted by Crippen LogP contribution is -2.31. The summed E-state index contributed by atoms with van der Waals surface area (Å²) in [6.07, 6.45) is -0.0358. The lowest BCUT2D eigenvalue weighted by atomic mass is 9.74. The van der Waals surface area contributed by atoms with Gasteiger partial charge in [0.05, 0.1) is 6.61 Å². The summed E-state index contributed by atoms with van der Waals surface area (Å²) in [6, 6.07) is 3.38. The average molecular weight is 372 g/mol. The second-order valence-corrected chi connectivity index (χ2v) is 6.95. The van der Waals surface area contributed by atoms with Crippen molar-refractivity contribution in [3.8, 4) is 11.4 Å². The van der Waals surface area contributed by atoms with Crippen molar-refractivity contribution in [2.75, 3.05) is 6.61 Å². The van der Waals surface area contributed by atoms with Crippen LogP contribution in [0.2, 0.25) is 0 Å². The summed E-state index contributed by atoms with van der Waals surface area (Å²) in [5.41, 5.74) is 1.07. The molecule has 2 aromatic rings. The summed E-state index contributed by atoms with van der Waals surface area (Å²) in [4.78, 5) is 24.3. The molecule has 1 aromatic heterocycles. The minimum absolute atomic E-state index is 0.226. The molecule has 0 fully saturated rings. The van der Waals surface area contributed by atoms with Gasteiger partial charge >= 0.3 is 11.7 Å². The first kappa shape index (κ1) is 20.7. The van der Waals surface area contributed by atoms with E-state index in [0.29, 0.717) is 11.2 Å². The molecular weight excluding hydrogens is 347 g/mol. The molecule has 1 aromatic carbocycles. The predicted molar refractivity (Wildman–Crippen MR) is 102 cm³/mol. The number of aryl methyl sites for hydroxylation is 1. The molecule has 27 heavy (non-hydrogen) atoms. The highest BCUT2D eigenvalue weighted by atomic mass is 16.6. The zero-order valence-electron chi connectivity index (χ0n) is 16.6. The number of carbonyl (C=O) groups is 1. The summed E-state index contributed by atoms with van der Waals surface area (Å²) in [5, 5.41) is 7.64. The molecule has 0 aliphatic carbocycles. The fourth-order valence-electron chi connectivity index (χ4n) is 2.58. The third-order valence-electron chi connectivity index (χ3n) is 4.62. The van der Waals surface area contributed by atoms with Crippen molar-refractivity contribution < 1.29 is 14.3 Å². The standard InChI is InChI=1S/C18H25BN4O4/c1-7-18(4,5)12-9-14(23-17(25)22(6)20-21-23)15(10-13(12)19)27-11(3)16(24)26-8-2/h9-11H,7-8H2,1-6H3. The summed E-state index contributed by atoms with van der Waals surface area (Å²) in [5.74, 6) is -0.252. The van der Waals surface area contributed by atoms with E-state index in [0.717, 1.165) is 21.3 Å². The second kappa shape index (κ2) is 7.98. The van der Waals surface area contributed by atoms with E-state index >= 15 is 0 Å². The van der Waals surface area contributed by atoms with Gasteiger partial charge in [-0.25, -0.2) is 9.59 Å². The van der Waals surface area contributed by atoms with Gasteiger partial charge in [-0.2, -0.15) is 9.36 Å². The first-order valence-corrected chi connectivity index (χ1v) is 8.89. The van der Waals surface area contributed by atoms with E-state index in [2.05, 4.69) is 31.2 Å². The SMILES string of the molecule is [B]c1cc(OC(C)C(=O)OCC)c(-n2nnn(C)c2=O)cc1C(C)(C)CC. The number of hydrogen-bond acceptors (Lipinski definition) is 6. The van der Waals surface area contributed by atoms with E-state index < -0.39 is 17.8 Å². The Hall–Kier alpha value is -2.58. The van der Waals surface area contributed by atoms with Crippen LogP contribution >= 0.6 is 0 Å². The fraction of sp³-hybridized carbons (Fsp3) is 0.556. The molecule has 144 valence electrons. The number of carbonyl (C=O) groups excluding carboxylic acids is 1. The van der Waals surface area contributed by atoms with Crippen LogP contribution in [0.15, 0.2) is 16.9 Å². The highest BCUT2D eigenvalue weighted by Crippen LogP contribution is 2.31. The Morgan fingerprint density at radius 1 is 1.30 bits per heavy atom. The highest BCUT2D eigenvalue weighted by molar-refractivity contribution is 6.33.